The third kappa shape index (κ3) is 4.59. The highest BCUT2D eigenvalue weighted by atomic mass is 28.2. The van der Waals surface area contributed by atoms with E-state index >= 15 is 0 Å². The van der Waals surface area contributed by atoms with E-state index in [1.54, 1.807) is 0 Å². The van der Waals surface area contributed by atoms with Crippen LogP contribution in [0.25, 0.3) is 0 Å². The summed E-state index contributed by atoms with van der Waals surface area (Å²) in [6.45, 7) is 4.88. The summed E-state index contributed by atoms with van der Waals surface area (Å²) in [6, 6.07) is 0. The minimum Gasteiger partial charge on any atom is -0.481 e. The van der Waals surface area contributed by atoms with Crippen molar-refractivity contribution in [3.05, 3.63) is 0 Å². The molecule has 0 saturated heterocycles. The van der Waals surface area contributed by atoms with Gasteiger partial charge in [0.05, 0.1) is 5.92 Å². The lowest BCUT2D eigenvalue weighted by atomic mass is 9.59. The van der Waals surface area contributed by atoms with Crippen LogP contribution in [0.3, 0.4) is 0 Å². The second kappa shape index (κ2) is 8.51. The van der Waals surface area contributed by atoms with Gasteiger partial charge in [-0.15, -0.1) is 0 Å². The lowest BCUT2D eigenvalue weighted by Gasteiger charge is -2.46. The van der Waals surface area contributed by atoms with Crippen LogP contribution >= 0.6 is 0 Å². The maximum atomic E-state index is 11.2. The van der Waals surface area contributed by atoms with E-state index in [2.05, 4.69) is 13.5 Å². The quantitative estimate of drug-likeness (QED) is 0.667. The van der Waals surface area contributed by atoms with Crippen LogP contribution < -0.4 is 0 Å². The molecule has 2 rings (SSSR count). The molecule has 0 bridgehead atoms. The molecule has 2 nitrogen and oxygen atoms in total. The van der Waals surface area contributed by atoms with E-state index in [1.807, 2.05) is 0 Å². The van der Waals surface area contributed by atoms with Gasteiger partial charge >= 0.3 is 5.97 Å². The van der Waals surface area contributed by atoms with E-state index < -0.39 is 5.97 Å². The Balaban J connectivity index is 1.92. The standard InChI is InChI=1S/C19H36O2Si/c1-15(22-2)7-6-14-19(12-4-3-5-13-19)17-10-8-16(9-11-17)18(20)21/h15-17H,3-14,22H2,1-2H3,(H,20,21). The first kappa shape index (κ1) is 18.0. The second-order valence-electron chi connectivity index (χ2n) is 8.22. The first-order valence-corrected chi connectivity index (χ1v) is 12.0. The number of aliphatic carboxylic acids is 1. The van der Waals surface area contributed by atoms with Crippen LogP contribution in [0, 0.1) is 17.3 Å². The molecule has 0 spiro atoms. The fourth-order valence-corrected chi connectivity index (χ4v) is 5.77. The van der Waals surface area contributed by atoms with Crippen molar-refractivity contribution in [1.82, 2.24) is 0 Å². The number of carboxylic acid groups (broad SMARTS) is 1. The zero-order valence-corrected chi connectivity index (χ0v) is 16.2. The molecule has 0 aromatic heterocycles. The molecule has 0 aliphatic heterocycles. The highest BCUT2D eigenvalue weighted by Crippen LogP contribution is 2.52. The van der Waals surface area contributed by atoms with Gasteiger partial charge in [0, 0.05) is 9.52 Å². The molecule has 2 saturated carbocycles. The Morgan fingerprint density at radius 3 is 2.36 bits per heavy atom. The summed E-state index contributed by atoms with van der Waals surface area (Å²) in [6.07, 6.45) is 15.6. The lowest BCUT2D eigenvalue weighted by Crippen LogP contribution is -2.36. The predicted octanol–water partition coefficient (Wildman–Crippen LogP) is 5.02. The van der Waals surface area contributed by atoms with E-state index in [0.717, 1.165) is 24.3 Å². The van der Waals surface area contributed by atoms with Gasteiger partial charge in [0.1, 0.15) is 0 Å². The summed E-state index contributed by atoms with van der Waals surface area (Å²) in [5.74, 6) is 0.207. The highest BCUT2D eigenvalue weighted by Gasteiger charge is 2.41. The van der Waals surface area contributed by atoms with Gasteiger partial charge in [-0.05, 0) is 56.3 Å². The van der Waals surface area contributed by atoms with E-state index in [0.29, 0.717) is 5.41 Å². The Labute approximate surface area is 139 Å². The molecule has 0 radical (unpaired) electrons. The molecule has 1 unspecified atom stereocenters. The molecule has 0 amide bonds. The summed E-state index contributed by atoms with van der Waals surface area (Å²) < 4.78 is 0. The molecular formula is C19H36O2Si. The van der Waals surface area contributed by atoms with Crippen LogP contribution in [0.15, 0.2) is 0 Å². The fourth-order valence-electron chi connectivity index (χ4n) is 5.08. The van der Waals surface area contributed by atoms with Crippen LogP contribution in [0.2, 0.25) is 12.1 Å². The molecule has 2 fully saturated rings. The highest BCUT2D eigenvalue weighted by molar-refractivity contribution is 6.35. The maximum absolute atomic E-state index is 11.2. The molecule has 22 heavy (non-hydrogen) atoms. The molecule has 1 atom stereocenters. The van der Waals surface area contributed by atoms with Gasteiger partial charge in [-0.2, -0.15) is 0 Å². The van der Waals surface area contributed by atoms with Crippen molar-refractivity contribution in [2.24, 2.45) is 17.3 Å². The molecular weight excluding hydrogens is 288 g/mol. The van der Waals surface area contributed by atoms with Crippen molar-refractivity contribution >= 4 is 15.5 Å². The topological polar surface area (TPSA) is 37.3 Å². The van der Waals surface area contributed by atoms with E-state index in [9.17, 15) is 9.90 Å². The number of hydrogen-bond acceptors (Lipinski definition) is 1. The lowest BCUT2D eigenvalue weighted by molar-refractivity contribution is -0.143. The number of carbonyl (C=O) groups is 1. The van der Waals surface area contributed by atoms with Crippen LogP contribution in [0.1, 0.15) is 84.0 Å². The van der Waals surface area contributed by atoms with Crippen molar-refractivity contribution in [2.75, 3.05) is 0 Å². The Bertz CT molecular complexity index is 341. The van der Waals surface area contributed by atoms with Gasteiger partial charge in [0.15, 0.2) is 0 Å². The molecule has 2 aliphatic carbocycles. The summed E-state index contributed by atoms with van der Waals surface area (Å²) in [7, 11) is 0.166. The van der Waals surface area contributed by atoms with Crippen molar-refractivity contribution in [3.63, 3.8) is 0 Å². The molecule has 0 heterocycles. The predicted molar refractivity (Wildman–Crippen MR) is 96.3 cm³/mol. The van der Waals surface area contributed by atoms with Crippen molar-refractivity contribution < 1.29 is 9.90 Å². The SMILES string of the molecule is C[SiH2]C(C)CCCC1(C2CCC(C(=O)O)CC2)CCCCC1. The molecule has 3 heteroatoms. The van der Waals surface area contributed by atoms with E-state index in [4.69, 9.17) is 0 Å². The summed E-state index contributed by atoms with van der Waals surface area (Å²) >= 11 is 0. The smallest absolute Gasteiger partial charge is 0.306 e. The number of carboxylic acids is 1. The zero-order valence-electron chi connectivity index (χ0n) is 14.8. The van der Waals surface area contributed by atoms with Crippen molar-refractivity contribution in [3.8, 4) is 0 Å². The normalized spacial score (nSPS) is 30.5. The average molecular weight is 325 g/mol. The summed E-state index contributed by atoms with van der Waals surface area (Å²) in [4.78, 5) is 11.2. The molecule has 1 N–H and O–H groups in total. The van der Waals surface area contributed by atoms with Crippen LogP contribution in [0.5, 0.6) is 0 Å². The molecule has 0 aromatic carbocycles. The van der Waals surface area contributed by atoms with Crippen LogP contribution in [-0.2, 0) is 4.79 Å². The van der Waals surface area contributed by atoms with Gasteiger partial charge in [-0.25, -0.2) is 0 Å². The third-order valence-electron chi connectivity index (χ3n) is 6.86. The van der Waals surface area contributed by atoms with Gasteiger partial charge in [0.25, 0.3) is 0 Å². The van der Waals surface area contributed by atoms with Crippen molar-refractivity contribution in [1.29, 1.82) is 0 Å². The number of hydrogen-bond donors (Lipinski definition) is 1. The Morgan fingerprint density at radius 1 is 1.18 bits per heavy atom. The fraction of sp³-hybridized carbons (Fsp3) is 0.947. The molecule has 128 valence electrons. The van der Waals surface area contributed by atoms with Gasteiger partial charge < -0.3 is 5.11 Å². The Hall–Kier alpha value is -0.313. The number of rotatable bonds is 7. The molecule has 2 aliphatic rings. The largest absolute Gasteiger partial charge is 0.481 e. The van der Waals surface area contributed by atoms with Gasteiger partial charge in [-0.3, -0.25) is 4.79 Å². The maximum Gasteiger partial charge on any atom is 0.306 e. The first-order valence-electron chi connectivity index (χ1n) is 9.80. The first-order chi connectivity index (χ1) is 10.6. The minimum atomic E-state index is -0.558. The van der Waals surface area contributed by atoms with Crippen molar-refractivity contribution in [2.45, 2.75) is 96.1 Å². The Kier molecular flexibility index (Phi) is 6.98. The van der Waals surface area contributed by atoms with E-state index in [1.165, 1.54) is 64.2 Å². The third-order valence-corrected chi connectivity index (χ3v) is 8.66. The molecule has 0 aromatic rings. The summed E-state index contributed by atoms with van der Waals surface area (Å²) in [5.41, 5.74) is 1.58. The average Bonchev–Trinajstić information content (AvgIpc) is 2.55. The van der Waals surface area contributed by atoms with Crippen LogP contribution in [-0.4, -0.2) is 20.6 Å². The second-order valence-corrected chi connectivity index (χ2v) is 10.4. The zero-order chi connectivity index (χ0) is 16.0. The summed E-state index contributed by atoms with van der Waals surface area (Å²) in [5, 5.41) is 9.23. The van der Waals surface area contributed by atoms with Crippen LogP contribution in [0.4, 0.5) is 0 Å². The minimum absolute atomic E-state index is 0.0528. The van der Waals surface area contributed by atoms with E-state index in [-0.39, 0.29) is 15.4 Å². The van der Waals surface area contributed by atoms with Gasteiger partial charge in [-0.1, -0.05) is 51.1 Å². The monoisotopic (exact) mass is 324 g/mol. The van der Waals surface area contributed by atoms with Gasteiger partial charge in [0.2, 0.25) is 0 Å². The Morgan fingerprint density at radius 2 is 1.82 bits per heavy atom.